The van der Waals surface area contributed by atoms with E-state index in [0.29, 0.717) is 42.4 Å². The zero-order valence-corrected chi connectivity index (χ0v) is 18.6. The van der Waals surface area contributed by atoms with E-state index >= 15 is 0 Å². The van der Waals surface area contributed by atoms with Crippen molar-refractivity contribution in [3.63, 3.8) is 0 Å². The lowest BCUT2D eigenvalue weighted by Gasteiger charge is -2.34. The van der Waals surface area contributed by atoms with Crippen molar-refractivity contribution < 1.29 is 19.2 Å². The second kappa shape index (κ2) is 8.74. The van der Waals surface area contributed by atoms with E-state index in [2.05, 4.69) is 4.98 Å². The van der Waals surface area contributed by atoms with Crippen LogP contribution in [0.25, 0.3) is 10.2 Å². The summed E-state index contributed by atoms with van der Waals surface area (Å²) in [5.74, 6) is -0.633. The van der Waals surface area contributed by atoms with Crippen molar-refractivity contribution in [2.75, 3.05) is 31.1 Å². The highest BCUT2D eigenvalue weighted by molar-refractivity contribution is 7.22. The molecule has 0 aliphatic carbocycles. The Hall–Kier alpha value is -2.81. The van der Waals surface area contributed by atoms with Crippen LogP contribution in [0.5, 0.6) is 0 Å². The van der Waals surface area contributed by atoms with Gasteiger partial charge in [-0.2, -0.15) is 0 Å². The Kier molecular flexibility index (Phi) is 6.04. The number of imide groups is 1. The van der Waals surface area contributed by atoms with Gasteiger partial charge in [0, 0.05) is 44.6 Å². The summed E-state index contributed by atoms with van der Waals surface area (Å²) in [4.78, 5) is 59.0. The molecule has 0 bridgehead atoms. The molecular weight excluding hydrogens is 416 g/mol. The number of aromatic nitrogens is 1. The lowest BCUT2D eigenvalue weighted by molar-refractivity contribution is -0.136. The van der Waals surface area contributed by atoms with Crippen molar-refractivity contribution in [3.05, 3.63) is 23.8 Å². The molecule has 4 rings (SSSR count). The third-order valence-electron chi connectivity index (χ3n) is 6.00. The first kappa shape index (κ1) is 21.4. The van der Waals surface area contributed by atoms with Gasteiger partial charge in [-0.15, -0.1) is 0 Å². The van der Waals surface area contributed by atoms with Crippen LogP contribution in [0.3, 0.4) is 0 Å². The zero-order valence-electron chi connectivity index (χ0n) is 17.8. The van der Waals surface area contributed by atoms with Crippen LogP contribution >= 0.6 is 11.3 Å². The van der Waals surface area contributed by atoms with Gasteiger partial charge in [-0.3, -0.25) is 19.2 Å². The van der Waals surface area contributed by atoms with Crippen LogP contribution in [-0.4, -0.2) is 64.6 Å². The number of hydrogen-bond acceptors (Lipinski definition) is 6. The maximum atomic E-state index is 13.2. The molecule has 2 aromatic rings. The fourth-order valence-electron chi connectivity index (χ4n) is 4.27. The Morgan fingerprint density at radius 1 is 1.16 bits per heavy atom. The quantitative estimate of drug-likeness (QED) is 0.664. The Bertz CT molecular complexity index is 1030. The Morgan fingerprint density at radius 2 is 1.87 bits per heavy atom. The molecule has 8 nitrogen and oxygen atoms in total. The standard InChI is InChI=1S/C22H26N4O4S/c1-3-24(4-2)21(30)15-6-5-11-25(13-15)20(29)14-7-8-16-17(12-14)31-22(23-16)26-18(27)9-10-19(26)28/h7-8,12,15H,3-6,9-11,13H2,1-2H3/t15-/m0/s1. The molecule has 1 aromatic heterocycles. The van der Waals surface area contributed by atoms with Crippen molar-refractivity contribution >= 4 is 50.3 Å². The molecule has 0 unspecified atom stereocenters. The fraction of sp³-hybridized carbons (Fsp3) is 0.500. The molecule has 4 amide bonds. The van der Waals surface area contributed by atoms with Crippen molar-refractivity contribution in [2.24, 2.45) is 5.92 Å². The van der Waals surface area contributed by atoms with Gasteiger partial charge in [-0.05, 0) is 44.9 Å². The van der Waals surface area contributed by atoms with Crippen molar-refractivity contribution in [1.29, 1.82) is 0 Å². The van der Waals surface area contributed by atoms with Gasteiger partial charge in [0.05, 0.1) is 16.1 Å². The molecule has 0 spiro atoms. The minimum atomic E-state index is -0.238. The summed E-state index contributed by atoms with van der Waals surface area (Å²) in [7, 11) is 0. The molecule has 1 atom stereocenters. The largest absolute Gasteiger partial charge is 0.343 e. The van der Waals surface area contributed by atoms with Gasteiger partial charge < -0.3 is 9.80 Å². The predicted octanol–water partition coefficient (Wildman–Crippen LogP) is 2.67. The number of amides is 4. The van der Waals surface area contributed by atoms with Crippen LogP contribution in [0, 0.1) is 5.92 Å². The fourth-order valence-corrected chi connectivity index (χ4v) is 5.31. The molecule has 0 saturated carbocycles. The molecule has 2 aliphatic rings. The van der Waals surface area contributed by atoms with Crippen LogP contribution < -0.4 is 4.90 Å². The summed E-state index contributed by atoms with van der Waals surface area (Å²) in [5, 5.41) is 0.356. The number of fused-ring (bicyclic) bond motifs is 1. The third-order valence-corrected chi connectivity index (χ3v) is 7.00. The first-order chi connectivity index (χ1) is 14.9. The van der Waals surface area contributed by atoms with Gasteiger partial charge in [0.15, 0.2) is 5.13 Å². The molecule has 3 heterocycles. The summed E-state index contributed by atoms with van der Waals surface area (Å²) in [5.41, 5.74) is 1.18. The van der Waals surface area contributed by atoms with Gasteiger partial charge in [0.2, 0.25) is 17.7 Å². The number of likely N-dealkylation sites (tertiary alicyclic amines) is 1. The van der Waals surface area contributed by atoms with Gasteiger partial charge in [0.25, 0.3) is 5.91 Å². The van der Waals surface area contributed by atoms with E-state index in [1.54, 1.807) is 23.1 Å². The molecule has 9 heteroatoms. The van der Waals surface area contributed by atoms with Gasteiger partial charge in [-0.1, -0.05) is 11.3 Å². The number of anilines is 1. The van der Waals surface area contributed by atoms with E-state index < -0.39 is 0 Å². The number of benzene rings is 1. The second-order valence-corrected chi connectivity index (χ2v) is 8.91. The van der Waals surface area contributed by atoms with Crippen LogP contribution in [0.4, 0.5) is 5.13 Å². The van der Waals surface area contributed by atoms with E-state index in [1.165, 1.54) is 11.3 Å². The number of hydrogen-bond donors (Lipinski definition) is 0. The number of carbonyl (C=O) groups excluding carboxylic acids is 4. The number of carbonyl (C=O) groups is 4. The molecule has 0 N–H and O–H groups in total. The number of rotatable bonds is 5. The Morgan fingerprint density at radius 3 is 2.55 bits per heavy atom. The monoisotopic (exact) mass is 442 g/mol. The average Bonchev–Trinajstić information content (AvgIpc) is 3.35. The Balaban J connectivity index is 1.53. The normalized spacial score (nSPS) is 19.4. The average molecular weight is 443 g/mol. The lowest BCUT2D eigenvalue weighted by atomic mass is 9.95. The summed E-state index contributed by atoms with van der Waals surface area (Å²) in [6.07, 6.45) is 2.02. The van der Waals surface area contributed by atoms with E-state index in [0.717, 1.165) is 22.4 Å². The molecule has 2 aliphatic heterocycles. The second-order valence-electron chi connectivity index (χ2n) is 7.90. The minimum Gasteiger partial charge on any atom is -0.343 e. The van der Waals surface area contributed by atoms with E-state index in [-0.39, 0.29) is 42.4 Å². The van der Waals surface area contributed by atoms with Crippen LogP contribution in [0.1, 0.15) is 49.9 Å². The maximum Gasteiger partial charge on any atom is 0.253 e. The first-order valence-electron chi connectivity index (χ1n) is 10.8. The molecule has 1 aromatic carbocycles. The van der Waals surface area contributed by atoms with E-state index in [4.69, 9.17) is 0 Å². The van der Waals surface area contributed by atoms with Crippen LogP contribution in [-0.2, 0) is 14.4 Å². The molecule has 164 valence electrons. The van der Waals surface area contributed by atoms with Gasteiger partial charge in [-0.25, -0.2) is 9.88 Å². The zero-order chi connectivity index (χ0) is 22.1. The topological polar surface area (TPSA) is 90.9 Å². The molecular formula is C22H26N4O4S. The summed E-state index contributed by atoms with van der Waals surface area (Å²) in [6.45, 7) is 6.34. The van der Waals surface area contributed by atoms with Gasteiger partial charge >= 0.3 is 0 Å². The molecule has 2 saturated heterocycles. The SMILES string of the molecule is CCN(CC)C(=O)[C@H]1CCCN(C(=O)c2ccc3nc(N4C(=O)CCC4=O)sc3c2)C1. The Labute approximate surface area is 184 Å². The highest BCUT2D eigenvalue weighted by atomic mass is 32.1. The van der Waals surface area contributed by atoms with Crippen LogP contribution in [0.15, 0.2) is 18.2 Å². The number of nitrogens with zero attached hydrogens (tertiary/aromatic N) is 4. The van der Waals surface area contributed by atoms with E-state index in [9.17, 15) is 19.2 Å². The van der Waals surface area contributed by atoms with Crippen LogP contribution in [0.2, 0.25) is 0 Å². The summed E-state index contributed by atoms with van der Waals surface area (Å²) < 4.78 is 0.751. The predicted molar refractivity (Wildman–Crippen MR) is 118 cm³/mol. The molecule has 2 fully saturated rings. The van der Waals surface area contributed by atoms with Crippen molar-refractivity contribution in [1.82, 2.24) is 14.8 Å². The van der Waals surface area contributed by atoms with Crippen molar-refractivity contribution in [3.8, 4) is 0 Å². The van der Waals surface area contributed by atoms with Crippen molar-refractivity contribution in [2.45, 2.75) is 39.5 Å². The summed E-state index contributed by atoms with van der Waals surface area (Å²) in [6, 6.07) is 5.23. The number of thiazole rings is 1. The third kappa shape index (κ3) is 4.06. The highest BCUT2D eigenvalue weighted by Crippen LogP contribution is 2.33. The van der Waals surface area contributed by atoms with Gasteiger partial charge in [0.1, 0.15) is 0 Å². The minimum absolute atomic E-state index is 0.109. The highest BCUT2D eigenvalue weighted by Gasteiger charge is 2.33. The maximum absolute atomic E-state index is 13.2. The lowest BCUT2D eigenvalue weighted by Crippen LogP contribution is -2.46. The summed E-state index contributed by atoms with van der Waals surface area (Å²) >= 11 is 1.24. The molecule has 0 radical (unpaired) electrons. The smallest absolute Gasteiger partial charge is 0.253 e. The number of piperidine rings is 1. The first-order valence-corrected chi connectivity index (χ1v) is 11.6. The molecule has 31 heavy (non-hydrogen) atoms. The van der Waals surface area contributed by atoms with E-state index in [1.807, 2.05) is 18.7 Å².